The predicted octanol–water partition coefficient (Wildman–Crippen LogP) is 1.23. The molecule has 9 heavy (non-hydrogen) atoms. The number of terminal acetylenes is 1. The van der Waals surface area contributed by atoms with Gasteiger partial charge in [0.15, 0.2) is 0 Å². The largest absolute Gasteiger partial charge is 0.285 e. The number of rotatable bonds is 2. The highest BCUT2D eigenvalue weighted by atomic mass is 16.1. The highest BCUT2D eigenvalue weighted by molar-refractivity contribution is 5.98. The lowest BCUT2D eigenvalue weighted by Crippen LogP contribution is -1.96. The second-order valence-corrected chi connectivity index (χ2v) is 2.52. The Hall–Kier alpha value is -0.770. The maximum Gasteiger partial charge on any atom is 0.208 e. The van der Waals surface area contributed by atoms with E-state index < -0.39 is 0 Å². The molecular weight excluding hydrogens is 112 g/mol. The van der Waals surface area contributed by atoms with Gasteiger partial charge in [0.1, 0.15) is 0 Å². The molecule has 1 heteroatoms. The van der Waals surface area contributed by atoms with Crippen LogP contribution in [-0.2, 0) is 4.79 Å². The Morgan fingerprint density at radius 3 is 2.89 bits per heavy atom. The summed E-state index contributed by atoms with van der Waals surface area (Å²) in [6.45, 7) is 2.09. The molecule has 1 saturated carbocycles. The molecule has 2 unspecified atom stereocenters. The molecule has 0 aromatic heterocycles. The lowest BCUT2D eigenvalue weighted by molar-refractivity contribution is -0.115. The van der Waals surface area contributed by atoms with Gasteiger partial charge in [-0.3, -0.25) is 4.79 Å². The smallest absolute Gasteiger partial charge is 0.208 e. The molecule has 1 rings (SSSR count). The van der Waals surface area contributed by atoms with Crippen molar-refractivity contribution in [3.8, 4) is 12.3 Å². The van der Waals surface area contributed by atoms with Crippen LogP contribution in [-0.4, -0.2) is 5.78 Å². The van der Waals surface area contributed by atoms with Crippen molar-refractivity contribution in [2.45, 2.75) is 19.8 Å². The number of hydrogen-bond donors (Lipinski definition) is 0. The summed E-state index contributed by atoms with van der Waals surface area (Å²) < 4.78 is 0. The van der Waals surface area contributed by atoms with Crippen molar-refractivity contribution in [2.24, 2.45) is 11.8 Å². The van der Waals surface area contributed by atoms with Gasteiger partial charge in [-0.1, -0.05) is 13.3 Å². The summed E-state index contributed by atoms with van der Waals surface area (Å²) in [5, 5.41) is 0. The predicted molar refractivity (Wildman–Crippen MR) is 35.7 cm³/mol. The third kappa shape index (κ3) is 1.13. The van der Waals surface area contributed by atoms with Crippen molar-refractivity contribution in [3.63, 3.8) is 0 Å². The Morgan fingerprint density at radius 1 is 1.89 bits per heavy atom. The molecule has 0 N–H and O–H groups in total. The molecule has 48 valence electrons. The highest BCUT2D eigenvalue weighted by Gasteiger charge is 2.40. The number of hydrogen-bond acceptors (Lipinski definition) is 1. The Kier molecular flexibility index (Phi) is 1.57. The van der Waals surface area contributed by atoms with Crippen LogP contribution in [0.25, 0.3) is 0 Å². The van der Waals surface area contributed by atoms with Crippen LogP contribution in [0, 0.1) is 24.2 Å². The molecule has 1 aliphatic rings. The first-order chi connectivity index (χ1) is 4.29. The molecule has 0 aliphatic heterocycles. The van der Waals surface area contributed by atoms with Crippen LogP contribution >= 0.6 is 0 Å². The molecule has 1 aliphatic carbocycles. The lowest BCUT2D eigenvalue weighted by atomic mass is 10.2. The normalized spacial score (nSPS) is 31.1. The van der Waals surface area contributed by atoms with E-state index in [0.29, 0.717) is 5.92 Å². The first kappa shape index (κ1) is 6.35. The third-order valence-corrected chi connectivity index (χ3v) is 1.93. The minimum atomic E-state index is 0.00171. The van der Waals surface area contributed by atoms with Gasteiger partial charge < -0.3 is 0 Å². The third-order valence-electron chi connectivity index (χ3n) is 1.93. The topological polar surface area (TPSA) is 17.1 Å². The van der Waals surface area contributed by atoms with E-state index in [2.05, 4.69) is 12.8 Å². The van der Waals surface area contributed by atoms with E-state index in [0.717, 1.165) is 12.8 Å². The first-order valence-electron chi connectivity index (χ1n) is 3.30. The second-order valence-electron chi connectivity index (χ2n) is 2.52. The highest BCUT2D eigenvalue weighted by Crippen LogP contribution is 2.41. The fourth-order valence-electron chi connectivity index (χ4n) is 1.13. The standard InChI is InChI=1S/C8H10O/c1-3-6-5-7(6)8(9)4-2/h2,6-7H,3,5H2,1H3. The quantitative estimate of drug-likeness (QED) is 0.397. The number of carbonyl (C=O) groups is 1. The molecule has 0 spiro atoms. The van der Waals surface area contributed by atoms with Crippen LogP contribution in [0.2, 0.25) is 0 Å². The van der Waals surface area contributed by atoms with Gasteiger partial charge in [-0.2, -0.15) is 0 Å². The Labute approximate surface area is 55.4 Å². The number of carbonyl (C=O) groups excluding carboxylic acids is 1. The molecule has 0 aromatic rings. The number of Topliss-reactive ketones (excluding diaryl/α,β-unsaturated/α-hetero) is 1. The number of ketones is 1. The summed E-state index contributed by atoms with van der Waals surface area (Å²) in [6, 6.07) is 0. The zero-order valence-electron chi connectivity index (χ0n) is 5.55. The molecule has 2 atom stereocenters. The molecule has 0 heterocycles. The van der Waals surface area contributed by atoms with E-state index in [1.165, 1.54) is 0 Å². The van der Waals surface area contributed by atoms with Gasteiger partial charge in [0.2, 0.25) is 5.78 Å². The van der Waals surface area contributed by atoms with E-state index in [9.17, 15) is 4.79 Å². The summed E-state index contributed by atoms with van der Waals surface area (Å²) in [4.78, 5) is 10.7. The fraction of sp³-hybridized carbons (Fsp3) is 0.625. The second kappa shape index (κ2) is 2.23. The average molecular weight is 122 g/mol. The first-order valence-corrected chi connectivity index (χ1v) is 3.30. The van der Waals surface area contributed by atoms with Crippen molar-refractivity contribution in [1.29, 1.82) is 0 Å². The molecule has 0 radical (unpaired) electrons. The van der Waals surface area contributed by atoms with E-state index in [1.807, 2.05) is 0 Å². The van der Waals surface area contributed by atoms with Gasteiger partial charge in [-0.25, -0.2) is 0 Å². The minimum absolute atomic E-state index is 0.00171. The van der Waals surface area contributed by atoms with E-state index in [-0.39, 0.29) is 11.7 Å². The average Bonchev–Trinajstić information content (AvgIpc) is 2.64. The van der Waals surface area contributed by atoms with Crippen LogP contribution in [0.4, 0.5) is 0 Å². The van der Waals surface area contributed by atoms with Crippen LogP contribution in [0.1, 0.15) is 19.8 Å². The molecule has 0 aromatic carbocycles. The molecule has 0 amide bonds. The minimum Gasteiger partial charge on any atom is -0.285 e. The van der Waals surface area contributed by atoms with Crippen molar-refractivity contribution < 1.29 is 4.79 Å². The summed E-state index contributed by atoms with van der Waals surface area (Å²) in [5.41, 5.74) is 0. The van der Waals surface area contributed by atoms with Gasteiger partial charge in [0.05, 0.1) is 0 Å². The Bertz CT molecular complexity index is 164. The molecule has 1 fully saturated rings. The molecule has 0 bridgehead atoms. The van der Waals surface area contributed by atoms with Gasteiger partial charge in [0.25, 0.3) is 0 Å². The summed E-state index contributed by atoms with van der Waals surface area (Å²) in [6.07, 6.45) is 7.05. The van der Waals surface area contributed by atoms with Crippen LogP contribution in [0.3, 0.4) is 0 Å². The van der Waals surface area contributed by atoms with Crippen molar-refractivity contribution >= 4 is 5.78 Å². The Morgan fingerprint density at radius 2 is 2.56 bits per heavy atom. The van der Waals surface area contributed by atoms with E-state index in [1.54, 1.807) is 0 Å². The monoisotopic (exact) mass is 122 g/mol. The van der Waals surface area contributed by atoms with Gasteiger partial charge in [-0.05, 0) is 18.3 Å². The van der Waals surface area contributed by atoms with Crippen LogP contribution in [0.5, 0.6) is 0 Å². The zero-order chi connectivity index (χ0) is 6.85. The van der Waals surface area contributed by atoms with Crippen LogP contribution in [0.15, 0.2) is 0 Å². The SMILES string of the molecule is C#CC(=O)C1CC1CC. The van der Waals surface area contributed by atoms with E-state index >= 15 is 0 Å². The van der Waals surface area contributed by atoms with Crippen LogP contribution < -0.4 is 0 Å². The summed E-state index contributed by atoms with van der Waals surface area (Å²) in [5.74, 6) is 2.98. The van der Waals surface area contributed by atoms with Gasteiger partial charge in [-0.15, -0.1) is 6.42 Å². The summed E-state index contributed by atoms with van der Waals surface area (Å²) >= 11 is 0. The molecule has 1 nitrogen and oxygen atoms in total. The van der Waals surface area contributed by atoms with Gasteiger partial charge in [0, 0.05) is 5.92 Å². The maximum absolute atomic E-state index is 10.7. The van der Waals surface area contributed by atoms with Crippen molar-refractivity contribution in [2.75, 3.05) is 0 Å². The lowest BCUT2D eigenvalue weighted by Gasteiger charge is -1.85. The molecule has 0 saturated heterocycles. The summed E-state index contributed by atoms with van der Waals surface area (Å²) in [7, 11) is 0. The maximum atomic E-state index is 10.7. The zero-order valence-corrected chi connectivity index (χ0v) is 5.55. The Balaban J connectivity index is 2.36. The molecular formula is C8H10O. The van der Waals surface area contributed by atoms with Crippen molar-refractivity contribution in [1.82, 2.24) is 0 Å². The van der Waals surface area contributed by atoms with Crippen molar-refractivity contribution in [3.05, 3.63) is 0 Å². The van der Waals surface area contributed by atoms with E-state index in [4.69, 9.17) is 6.42 Å². The fourth-order valence-corrected chi connectivity index (χ4v) is 1.13. The van der Waals surface area contributed by atoms with Gasteiger partial charge >= 0.3 is 0 Å².